The number of nitrogens with zero attached hydrogens (tertiary/aromatic N) is 7. The van der Waals surface area contributed by atoms with E-state index in [4.69, 9.17) is 0 Å². The smallest absolute Gasteiger partial charge is 0.280 e. The molecule has 1 aliphatic heterocycles. The van der Waals surface area contributed by atoms with E-state index in [1.807, 2.05) is 6.20 Å². The Hall–Kier alpha value is -2.84. The third-order valence-electron chi connectivity index (χ3n) is 6.27. The zero-order chi connectivity index (χ0) is 22.7. The van der Waals surface area contributed by atoms with Gasteiger partial charge in [0, 0.05) is 50.0 Å². The Morgan fingerprint density at radius 3 is 2.66 bits per heavy atom. The predicted molar refractivity (Wildman–Crippen MR) is 122 cm³/mol. The molecule has 7 nitrogen and oxygen atoms in total. The van der Waals surface area contributed by atoms with Gasteiger partial charge in [-0.25, -0.2) is 23.3 Å². The maximum Gasteiger partial charge on any atom is 0.280 e. The molecule has 0 spiro atoms. The SMILES string of the molecule is CCCN(CCC)c1ccnc(N2CC[C@@H](C)[C@H](c3cc(C(F)F)nc4ncnn34)C2)c1. The predicted octanol–water partition coefficient (Wildman–Crippen LogP) is 4.71. The van der Waals surface area contributed by atoms with Crippen molar-refractivity contribution in [1.82, 2.24) is 24.6 Å². The first-order valence-electron chi connectivity index (χ1n) is 11.5. The number of aromatic nitrogens is 5. The first kappa shape index (κ1) is 22.4. The van der Waals surface area contributed by atoms with Crippen LogP contribution in [0.1, 0.15) is 63.8 Å². The Balaban J connectivity index is 1.64. The second-order valence-corrected chi connectivity index (χ2v) is 8.56. The molecule has 0 unspecified atom stereocenters. The van der Waals surface area contributed by atoms with Gasteiger partial charge in [0.1, 0.15) is 17.8 Å². The highest BCUT2D eigenvalue weighted by Gasteiger charge is 2.31. The molecule has 172 valence electrons. The minimum absolute atomic E-state index is 0.0151. The number of alkyl halides is 2. The second-order valence-electron chi connectivity index (χ2n) is 8.56. The van der Waals surface area contributed by atoms with Crippen LogP contribution in [-0.2, 0) is 0 Å². The van der Waals surface area contributed by atoms with E-state index in [1.165, 1.54) is 18.1 Å². The molecule has 0 aliphatic carbocycles. The van der Waals surface area contributed by atoms with Gasteiger partial charge >= 0.3 is 0 Å². The Morgan fingerprint density at radius 1 is 1.16 bits per heavy atom. The zero-order valence-corrected chi connectivity index (χ0v) is 19.0. The van der Waals surface area contributed by atoms with E-state index in [2.05, 4.69) is 62.8 Å². The topological polar surface area (TPSA) is 62.5 Å². The largest absolute Gasteiger partial charge is 0.371 e. The lowest BCUT2D eigenvalue weighted by Crippen LogP contribution is -2.40. The molecule has 32 heavy (non-hydrogen) atoms. The summed E-state index contributed by atoms with van der Waals surface area (Å²) in [6, 6.07) is 5.71. The van der Waals surface area contributed by atoms with Crippen LogP contribution in [0.15, 0.2) is 30.7 Å². The van der Waals surface area contributed by atoms with Crippen LogP contribution in [0.25, 0.3) is 5.78 Å². The third-order valence-corrected chi connectivity index (χ3v) is 6.27. The van der Waals surface area contributed by atoms with Crippen LogP contribution in [0.3, 0.4) is 0 Å². The molecule has 0 saturated carbocycles. The monoisotopic (exact) mass is 443 g/mol. The average molecular weight is 444 g/mol. The molecule has 3 aromatic rings. The quantitative estimate of drug-likeness (QED) is 0.502. The molecular weight excluding hydrogens is 412 g/mol. The van der Waals surface area contributed by atoms with Gasteiger partial charge in [-0.05, 0) is 37.3 Å². The summed E-state index contributed by atoms with van der Waals surface area (Å²) in [5.41, 5.74) is 1.66. The number of hydrogen-bond acceptors (Lipinski definition) is 6. The molecule has 3 aromatic heterocycles. The van der Waals surface area contributed by atoms with Gasteiger partial charge in [-0.3, -0.25) is 0 Å². The first-order valence-corrected chi connectivity index (χ1v) is 11.5. The van der Waals surface area contributed by atoms with Crippen LogP contribution in [0.5, 0.6) is 0 Å². The molecule has 4 heterocycles. The van der Waals surface area contributed by atoms with Crippen LogP contribution < -0.4 is 9.80 Å². The van der Waals surface area contributed by atoms with Gasteiger partial charge in [0.15, 0.2) is 0 Å². The molecule has 0 aromatic carbocycles. The first-order chi connectivity index (χ1) is 15.5. The Morgan fingerprint density at radius 2 is 1.94 bits per heavy atom. The fraction of sp³-hybridized carbons (Fsp3) is 0.565. The van der Waals surface area contributed by atoms with Crippen LogP contribution in [0, 0.1) is 5.92 Å². The summed E-state index contributed by atoms with van der Waals surface area (Å²) in [5, 5.41) is 4.26. The number of hydrogen-bond donors (Lipinski definition) is 0. The van der Waals surface area contributed by atoms with Crippen molar-refractivity contribution < 1.29 is 8.78 Å². The molecule has 2 atom stereocenters. The number of anilines is 2. The Kier molecular flexibility index (Phi) is 6.81. The van der Waals surface area contributed by atoms with E-state index in [-0.39, 0.29) is 17.4 Å². The Bertz CT molecular complexity index is 1030. The van der Waals surface area contributed by atoms with Gasteiger partial charge in [0.2, 0.25) is 0 Å². The van der Waals surface area contributed by atoms with Crippen LogP contribution in [0.4, 0.5) is 20.3 Å². The van der Waals surface area contributed by atoms with Crippen LogP contribution in [0.2, 0.25) is 0 Å². The standard InChI is InChI=1S/C23H31F2N7/c1-4-9-30(10-5-2)17-6-8-26-21(12-17)31-11-7-16(3)18(14-31)20-13-19(22(24)25)29-23-27-15-28-32(20)23/h6,8,12-13,15-16,18,22H,4-5,7,9-11,14H2,1-3H3/t16-,18-/m1/s1. The number of fused-ring (bicyclic) bond motifs is 1. The van der Waals surface area contributed by atoms with Crippen molar-refractivity contribution in [2.75, 3.05) is 36.0 Å². The van der Waals surface area contributed by atoms with Crippen molar-refractivity contribution >= 4 is 17.3 Å². The minimum Gasteiger partial charge on any atom is -0.371 e. The summed E-state index contributed by atoms with van der Waals surface area (Å²) in [4.78, 5) is 17.3. The summed E-state index contributed by atoms with van der Waals surface area (Å²) in [6.45, 7) is 10.1. The van der Waals surface area contributed by atoms with Gasteiger partial charge in [-0.15, -0.1) is 0 Å². The van der Waals surface area contributed by atoms with Crippen LogP contribution in [-0.4, -0.2) is 50.7 Å². The molecular formula is C23H31F2N7. The van der Waals surface area contributed by atoms with E-state index in [9.17, 15) is 8.78 Å². The van der Waals surface area contributed by atoms with Crippen molar-refractivity contribution in [3.05, 3.63) is 42.1 Å². The zero-order valence-electron chi connectivity index (χ0n) is 19.0. The molecule has 9 heteroatoms. The molecule has 0 N–H and O–H groups in total. The Labute approximate surface area is 187 Å². The minimum atomic E-state index is -2.65. The van der Waals surface area contributed by atoms with Crippen molar-refractivity contribution in [3.63, 3.8) is 0 Å². The lowest BCUT2D eigenvalue weighted by atomic mass is 9.84. The van der Waals surface area contributed by atoms with E-state index in [0.717, 1.165) is 50.4 Å². The average Bonchev–Trinajstić information content (AvgIpc) is 3.28. The van der Waals surface area contributed by atoms with Crippen LogP contribution >= 0.6 is 0 Å². The van der Waals surface area contributed by atoms with Gasteiger partial charge in [0.25, 0.3) is 12.2 Å². The number of halogens is 2. The van der Waals surface area contributed by atoms with E-state index < -0.39 is 6.43 Å². The van der Waals surface area contributed by atoms with Gasteiger partial charge in [-0.2, -0.15) is 10.1 Å². The highest BCUT2D eigenvalue weighted by molar-refractivity contribution is 5.55. The summed E-state index contributed by atoms with van der Waals surface area (Å²) >= 11 is 0. The highest BCUT2D eigenvalue weighted by atomic mass is 19.3. The van der Waals surface area contributed by atoms with Crippen molar-refractivity contribution in [1.29, 1.82) is 0 Å². The lowest BCUT2D eigenvalue weighted by molar-refractivity contribution is 0.146. The normalized spacial score (nSPS) is 19.1. The molecule has 1 fully saturated rings. The maximum absolute atomic E-state index is 13.5. The van der Waals surface area contributed by atoms with Crippen molar-refractivity contribution in [2.24, 2.45) is 5.92 Å². The summed E-state index contributed by atoms with van der Waals surface area (Å²) < 4.78 is 28.6. The van der Waals surface area contributed by atoms with E-state index in [1.54, 1.807) is 4.52 Å². The lowest BCUT2D eigenvalue weighted by Gasteiger charge is -2.38. The molecule has 0 radical (unpaired) electrons. The van der Waals surface area contributed by atoms with Gasteiger partial charge in [-0.1, -0.05) is 20.8 Å². The van der Waals surface area contributed by atoms with Gasteiger partial charge < -0.3 is 9.80 Å². The molecule has 4 rings (SSSR count). The second kappa shape index (κ2) is 9.75. The molecule has 1 saturated heterocycles. The summed E-state index contributed by atoms with van der Waals surface area (Å²) in [6.07, 6.45) is 3.70. The third kappa shape index (κ3) is 4.52. The fourth-order valence-corrected chi connectivity index (χ4v) is 4.58. The summed E-state index contributed by atoms with van der Waals surface area (Å²) in [5.74, 6) is 1.47. The number of piperidine rings is 1. The fourth-order valence-electron chi connectivity index (χ4n) is 4.58. The number of pyridine rings is 1. The maximum atomic E-state index is 13.5. The molecule has 0 amide bonds. The van der Waals surface area contributed by atoms with Crippen molar-refractivity contribution in [3.8, 4) is 0 Å². The van der Waals surface area contributed by atoms with E-state index in [0.29, 0.717) is 12.5 Å². The molecule has 1 aliphatic rings. The van der Waals surface area contributed by atoms with Crippen molar-refractivity contribution in [2.45, 2.75) is 52.4 Å². The molecule has 0 bridgehead atoms. The number of rotatable bonds is 8. The van der Waals surface area contributed by atoms with E-state index >= 15 is 0 Å². The van der Waals surface area contributed by atoms with Gasteiger partial charge in [0.05, 0.1) is 5.69 Å². The highest BCUT2D eigenvalue weighted by Crippen LogP contribution is 2.35. The summed E-state index contributed by atoms with van der Waals surface area (Å²) in [7, 11) is 0.